The van der Waals surface area contributed by atoms with Crippen LogP contribution in [0, 0.1) is 0 Å². The lowest BCUT2D eigenvalue weighted by molar-refractivity contribution is 0.0827. The van der Waals surface area contributed by atoms with Gasteiger partial charge in [-0.3, -0.25) is 4.79 Å². The lowest BCUT2D eigenvalue weighted by atomic mass is 10.1. The molecule has 4 nitrogen and oxygen atoms in total. The Balaban J connectivity index is 1.99. The van der Waals surface area contributed by atoms with Gasteiger partial charge >= 0.3 is 0 Å². The fourth-order valence-corrected chi connectivity index (χ4v) is 2.42. The second kappa shape index (κ2) is 6.46. The van der Waals surface area contributed by atoms with Crippen LogP contribution in [0.5, 0.6) is 0 Å². The highest BCUT2D eigenvalue weighted by molar-refractivity contribution is 5.95. The molecule has 0 spiro atoms. The fourth-order valence-electron chi connectivity index (χ4n) is 2.42. The van der Waals surface area contributed by atoms with E-state index in [0.29, 0.717) is 11.3 Å². The largest absolute Gasteiger partial charge is 0.397 e. The van der Waals surface area contributed by atoms with Crippen LogP contribution in [-0.2, 0) is 0 Å². The van der Waals surface area contributed by atoms with Gasteiger partial charge in [0.05, 0.1) is 11.4 Å². The number of rotatable bonds is 5. The topological polar surface area (TPSA) is 58.4 Å². The SMILES string of the molecule is CN(C)C(=O)c1ccc(N)c(NCCC2=CCCC2)c1. The summed E-state index contributed by atoms with van der Waals surface area (Å²) in [7, 11) is 3.50. The number of carbonyl (C=O) groups is 1. The summed E-state index contributed by atoms with van der Waals surface area (Å²) in [4.78, 5) is 13.5. The highest BCUT2D eigenvalue weighted by Gasteiger charge is 2.10. The second-order valence-electron chi connectivity index (χ2n) is 5.43. The van der Waals surface area contributed by atoms with Gasteiger partial charge in [0, 0.05) is 26.2 Å². The van der Waals surface area contributed by atoms with Gasteiger partial charge in [0.1, 0.15) is 0 Å². The van der Waals surface area contributed by atoms with E-state index in [-0.39, 0.29) is 5.91 Å². The molecule has 1 aromatic carbocycles. The molecule has 20 heavy (non-hydrogen) atoms. The molecule has 0 unspecified atom stereocenters. The van der Waals surface area contributed by atoms with Crippen LogP contribution >= 0.6 is 0 Å². The molecule has 0 fully saturated rings. The predicted octanol–water partition coefficient (Wildman–Crippen LogP) is 2.88. The Kier molecular flexibility index (Phi) is 4.66. The van der Waals surface area contributed by atoms with Crippen LogP contribution in [-0.4, -0.2) is 31.4 Å². The number of anilines is 2. The van der Waals surface area contributed by atoms with E-state index >= 15 is 0 Å². The molecular formula is C16H23N3O. The molecule has 0 atom stereocenters. The Bertz CT molecular complexity index is 520. The molecule has 0 saturated carbocycles. The molecule has 2 rings (SSSR count). The van der Waals surface area contributed by atoms with Crippen molar-refractivity contribution in [3.63, 3.8) is 0 Å². The van der Waals surface area contributed by atoms with Crippen LogP contribution < -0.4 is 11.1 Å². The molecule has 1 aliphatic rings. The van der Waals surface area contributed by atoms with Crippen LogP contribution in [0.25, 0.3) is 0 Å². The lowest BCUT2D eigenvalue weighted by Crippen LogP contribution is -2.21. The molecule has 0 radical (unpaired) electrons. The highest BCUT2D eigenvalue weighted by Crippen LogP contribution is 2.23. The molecule has 1 amide bonds. The number of carbonyl (C=O) groups excluding carboxylic acids is 1. The fraction of sp³-hybridized carbons (Fsp3) is 0.438. The van der Waals surface area contributed by atoms with Gasteiger partial charge in [-0.15, -0.1) is 0 Å². The molecule has 0 aliphatic heterocycles. The molecule has 1 aliphatic carbocycles. The Morgan fingerprint density at radius 3 is 2.85 bits per heavy atom. The van der Waals surface area contributed by atoms with Gasteiger partial charge in [-0.25, -0.2) is 0 Å². The number of benzene rings is 1. The van der Waals surface area contributed by atoms with E-state index in [1.807, 2.05) is 6.07 Å². The van der Waals surface area contributed by atoms with Crippen molar-refractivity contribution in [3.05, 3.63) is 35.4 Å². The van der Waals surface area contributed by atoms with Crippen molar-refractivity contribution in [2.45, 2.75) is 25.7 Å². The molecule has 108 valence electrons. The van der Waals surface area contributed by atoms with Crippen molar-refractivity contribution < 1.29 is 4.79 Å². The summed E-state index contributed by atoms with van der Waals surface area (Å²) >= 11 is 0. The highest BCUT2D eigenvalue weighted by atomic mass is 16.2. The minimum atomic E-state index is -0.00782. The van der Waals surface area contributed by atoms with Crippen molar-refractivity contribution in [2.24, 2.45) is 0 Å². The van der Waals surface area contributed by atoms with E-state index in [0.717, 1.165) is 18.7 Å². The number of nitrogens with one attached hydrogen (secondary N) is 1. The molecule has 4 heteroatoms. The molecule has 1 aromatic rings. The molecule has 0 saturated heterocycles. The number of hydrogen-bond donors (Lipinski definition) is 2. The molecule has 0 bridgehead atoms. The number of nitrogen functional groups attached to an aromatic ring is 1. The Morgan fingerprint density at radius 2 is 2.20 bits per heavy atom. The number of hydrogen-bond acceptors (Lipinski definition) is 3. The van der Waals surface area contributed by atoms with Gasteiger partial charge in [0.15, 0.2) is 0 Å². The zero-order valence-electron chi connectivity index (χ0n) is 12.3. The average molecular weight is 273 g/mol. The van der Waals surface area contributed by atoms with Crippen LogP contribution in [0.1, 0.15) is 36.0 Å². The van der Waals surface area contributed by atoms with Crippen molar-refractivity contribution in [1.29, 1.82) is 0 Å². The van der Waals surface area contributed by atoms with Crippen molar-refractivity contribution in [2.75, 3.05) is 31.7 Å². The van der Waals surface area contributed by atoms with E-state index in [4.69, 9.17) is 5.73 Å². The third kappa shape index (κ3) is 3.53. The van der Waals surface area contributed by atoms with E-state index in [1.165, 1.54) is 24.8 Å². The molecular weight excluding hydrogens is 250 g/mol. The maximum atomic E-state index is 11.9. The number of nitrogens with zero attached hydrogens (tertiary/aromatic N) is 1. The summed E-state index contributed by atoms with van der Waals surface area (Å²) in [6.07, 6.45) is 7.09. The van der Waals surface area contributed by atoms with Crippen molar-refractivity contribution >= 4 is 17.3 Å². The van der Waals surface area contributed by atoms with Crippen molar-refractivity contribution in [1.82, 2.24) is 4.90 Å². The van der Waals surface area contributed by atoms with Crippen LogP contribution in [0.15, 0.2) is 29.8 Å². The smallest absolute Gasteiger partial charge is 0.253 e. The maximum absolute atomic E-state index is 11.9. The van der Waals surface area contributed by atoms with Gasteiger partial charge in [0.2, 0.25) is 0 Å². The van der Waals surface area contributed by atoms with E-state index in [9.17, 15) is 4.79 Å². The third-order valence-electron chi connectivity index (χ3n) is 3.60. The summed E-state index contributed by atoms with van der Waals surface area (Å²) in [5.74, 6) is -0.00782. The van der Waals surface area contributed by atoms with Gasteiger partial charge in [-0.1, -0.05) is 11.6 Å². The van der Waals surface area contributed by atoms with Crippen LogP contribution in [0.4, 0.5) is 11.4 Å². The van der Waals surface area contributed by atoms with Crippen molar-refractivity contribution in [3.8, 4) is 0 Å². The summed E-state index contributed by atoms with van der Waals surface area (Å²) in [6, 6.07) is 5.39. The summed E-state index contributed by atoms with van der Waals surface area (Å²) < 4.78 is 0. The Labute approximate surface area is 120 Å². The summed E-state index contributed by atoms with van der Waals surface area (Å²) in [6.45, 7) is 0.857. The van der Waals surface area contributed by atoms with Gasteiger partial charge in [-0.05, 0) is 43.9 Å². The van der Waals surface area contributed by atoms with Crippen LogP contribution in [0.3, 0.4) is 0 Å². The third-order valence-corrected chi connectivity index (χ3v) is 3.60. The number of allylic oxidation sites excluding steroid dienone is 1. The Hall–Kier alpha value is -1.97. The van der Waals surface area contributed by atoms with E-state index in [1.54, 1.807) is 31.1 Å². The van der Waals surface area contributed by atoms with Crippen LogP contribution in [0.2, 0.25) is 0 Å². The summed E-state index contributed by atoms with van der Waals surface area (Å²) in [5, 5.41) is 3.34. The van der Waals surface area contributed by atoms with Gasteiger partial charge in [0.25, 0.3) is 5.91 Å². The number of nitrogens with two attached hydrogens (primary N) is 1. The monoisotopic (exact) mass is 273 g/mol. The predicted molar refractivity (Wildman–Crippen MR) is 83.9 cm³/mol. The maximum Gasteiger partial charge on any atom is 0.253 e. The first-order valence-electron chi connectivity index (χ1n) is 7.11. The zero-order chi connectivity index (χ0) is 14.5. The normalized spacial score (nSPS) is 14.0. The van der Waals surface area contributed by atoms with E-state index < -0.39 is 0 Å². The molecule has 0 aromatic heterocycles. The summed E-state index contributed by atoms with van der Waals surface area (Å²) in [5.41, 5.74) is 9.67. The van der Waals surface area contributed by atoms with Gasteiger partial charge in [-0.2, -0.15) is 0 Å². The average Bonchev–Trinajstić information content (AvgIpc) is 2.93. The molecule has 0 heterocycles. The first-order chi connectivity index (χ1) is 9.58. The second-order valence-corrected chi connectivity index (χ2v) is 5.43. The first-order valence-corrected chi connectivity index (χ1v) is 7.11. The quantitative estimate of drug-likeness (QED) is 0.640. The number of amides is 1. The lowest BCUT2D eigenvalue weighted by Gasteiger charge is -2.14. The minimum absolute atomic E-state index is 0.00782. The standard InChI is InChI=1S/C16H23N3O/c1-19(2)16(20)13-7-8-14(17)15(11-13)18-10-9-12-5-3-4-6-12/h5,7-8,11,18H,3-4,6,9-10,17H2,1-2H3. The van der Waals surface area contributed by atoms with Gasteiger partial charge < -0.3 is 16.0 Å². The van der Waals surface area contributed by atoms with E-state index in [2.05, 4.69) is 11.4 Å². The first kappa shape index (κ1) is 14.4. The molecule has 3 N–H and O–H groups in total. The zero-order valence-corrected chi connectivity index (χ0v) is 12.3. The minimum Gasteiger partial charge on any atom is -0.397 e. The Morgan fingerprint density at radius 1 is 1.40 bits per heavy atom.